The Labute approximate surface area is 278 Å². The lowest BCUT2D eigenvalue weighted by Crippen LogP contribution is -2.49. The van der Waals surface area contributed by atoms with E-state index in [-0.39, 0.29) is 21.9 Å². The van der Waals surface area contributed by atoms with Crippen molar-refractivity contribution < 1.29 is 30.7 Å². The zero-order chi connectivity index (χ0) is 33.6. The highest BCUT2D eigenvalue weighted by molar-refractivity contribution is 7.90. The number of hydrogen-bond acceptors (Lipinski definition) is 8. The van der Waals surface area contributed by atoms with Crippen LogP contribution in [0.25, 0.3) is 0 Å². The number of allylic oxidation sites excluding steroid dienone is 4. The van der Waals surface area contributed by atoms with Crippen LogP contribution in [0.4, 0.5) is 34.1 Å². The summed E-state index contributed by atoms with van der Waals surface area (Å²) in [4.78, 5) is -0.590. The molecule has 0 saturated heterocycles. The van der Waals surface area contributed by atoms with Gasteiger partial charge in [0.1, 0.15) is 22.4 Å². The molecule has 5 N–H and O–H groups in total. The Kier molecular flexibility index (Phi) is 7.92. The average Bonchev–Trinajstić information content (AvgIpc) is 3.07. The predicted octanol–water partition coefficient (Wildman–Crippen LogP) is 6.48. The van der Waals surface area contributed by atoms with Gasteiger partial charge in [0.15, 0.2) is 5.71 Å². The molecule has 0 spiro atoms. The first-order valence-corrected chi connectivity index (χ1v) is 17.9. The standard InChI is InChI=1S/C35H30N4O7S2/c1-46-31-17-9-8-16-25(31)37-27-19-29-26(21-33(27)48(43,44)45)38-35-24-15-10-18-32(47(40,41)42)34(24)28(36-22-11-4-2-5-12-22)20-30(35)39(29)23-13-6-3-7-14-23/h2-19,21,24,35-38H,20H2,1H3,(H-,40,41,42,43,44,45)/p+1. The fourth-order valence-electron chi connectivity index (χ4n) is 6.53. The van der Waals surface area contributed by atoms with E-state index in [2.05, 4.69) is 16.0 Å². The Bertz CT molecular complexity index is 2280. The monoisotopic (exact) mass is 683 g/mol. The topological polar surface area (TPSA) is 157 Å². The Balaban J connectivity index is 1.48. The van der Waals surface area contributed by atoms with Crippen LogP contribution in [0.5, 0.6) is 5.75 Å². The van der Waals surface area contributed by atoms with Gasteiger partial charge in [-0.3, -0.25) is 9.11 Å². The maximum atomic E-state index is 12.8. The molecule has 0 fully saturated rings. The number of nitrogens with one attached hydrogen (secondary N) is 3. The molecular formula is C35H31N4O7S2+. The molecule has 48 heavy (non-hydrogen) atoms. The minimum absolute atomic E-state index is 0.117. The van der Waals surface area contributed by atoms with Crippen molar-refractivity contribution in [1.82, 2.24) is 4.58 Å². The SMILES string of the molecule is COc1ccccc1Nc1cc2c(cc1S(=O)(=O)O)NC1C(=[N+]2c2ccccc2)CC(Nc2ccccc2)=C2C(S(=O)(=O)O)=CC=CC21. The first-order valence-electron chi connectivity index (χ1n) is 15.0. The van der Waals surface area contributed by atoms with Crippen LogP contribution in [0.1, 0.15) is 6.42 Å². The number of fused-ring (bicyclic) bond motifs is 4. The second-order valence-corrected chi connectivity index (χ2v) is 14.2. The van der Waals surface area contributed by atoms with E-state index in [0.717, 1.165) is 17.1 Å². The van der Waals surface area contributed by atoms with Crippen molar-refractivity contribution in [3.8, 4) is 5.75 Å². The largest absolute Gasteiger partial charge is 0.495 e. The third-order valence-electron chi connectivity index (χ3n) is 8.52. The van der Waals surface area contributed by atoms with Crippen molar-refractivity contribution in [3.05, 3.63) is 131 Å². The Morgan fingerprint density at radius 2 is 1.52 bits per heavy atom. The summed E-state index contributed by atoms with van der Waals surface area (Å²) in [7, 11) is -7.86. The summed E-state index contributed by atoms with van der Waals surface area (Å²) in [5, 5.41) is 10.0. The Morgan fingerprint density at radius 1 is 0.833 bits per heavy atom. The van der Waals surface area contributed by atoms with E-state index >= 15 is 0 Å². The van der Waals surface area contributed by atoms with Crippen molar-refractivity contribution in [1.29, 1.82) is 0 Å². The number of nitrogens with zero attached hydrogens (tertiary/aromatic N) is 1. The second-order valence-electron chi connectivity index (χ2n) is 11.4. The fraction of sp³-hybridized carbons (Fsp3) is 0.114. The Hall–Kier alpha value is -5.21. The van der Waals surface area contributed by atoms with Gasteiger partial charge < -0.3 is 20.7 Å². The summed E-state index contributed by atoms with van der Waals surface area (Å²) in [5.74, 6) is -0.126. The smallest absolute Gasteiger partial charge is 0.296 e. The quantitative estimate of drug-likeness (QED) is 0.103. The van der Waals surface area contributed by atoms with E-state index in [1.54, 1.807) is 36.4 Å². The van der Waals surface area contributed by atoms with Gasteiger partial charge in [-0.2, -0.15) is 21.4 Å². The van der Waals surface area contributed by atoms with Crippen molar-refractivity contribution in [2.75, 3.05) is 23.1 Å². The van der Waals surface area contributed by atoms with Gasteiger partial charge in [0.25, 0.3) is 20.2 Å². The molecule has 0 aromatic heterocycles. The summed E-state index contributed by atoms with van der Waals surface area (Å²) in [6.45, 7) is 0. The Morgan fingerprint density at radius 3 is 2.21 bits per heavy atom. The molecule has 2 atom stereocenters. The first kappa shape index (κ1) is 31.4. The van der Waals surface area contributed by atoms with E-state index in [0.29, 0.717) is 34.1 Å². The summed E-state index contributed by atoms with van der Waals surface area (Å²) >= 11 is 0. The van der Waals surface area contributed by atoms with E-state index in [4.69, 9.17) is 4.74 Å². The van der Waals surface area contributed by atoms with Crippen LogP contribution < -0.4 is 25.3 Å². The first-order chi connectivity index (χ1) is 23.0. The molecule has 2 unspecified atom stereocenters. The van der Waals surface area contributed by atoms with Crippen LogP contribution in [-0.2, 0) is 20.2 Å². The van der Waals surface area contributed by atoms with E-state index in [9.17, 15) is 25.9 Å². The van der Waals surface area contributed by atoms with Crippen molar-refractivity contribution >= 4 is 60.1 Å². The van der Waals surface area contributed by atoms with E-state index < -0.39 is 32.2 Å². The molecular weight excluding hydrogens is 653 g/mol. The van der Waals surface area contributed by atoms with Crippen LogP contribution >= 0.6 is 0 Å². The molecule has 0 bridgehead atoms. The molecule has 4 aromatic carbocycles. The molecule has 0 radical (unpaired) electrons. The molecule has 1 heterocycles. The highest BCUT2D eigenvalue weighted by Crippen LogP contribution is 2.47. The predicted molar refractivity (Wildman–Crippen MR) is 187 cm³/mol. The lowest BCUT2D eigenvalue weighted by molar-refractivity contribution is 0.417. The molecule has 0 amide bonds. The number of rotatable bonds is 8. The van der Waals surface area contributed by atoms with Gasteiger partial charge in [-0.1, -0.05) is 60.7 Å². The molecule has 2 aliphatic carbocycles. The van der Waals surface area contributed by atoms with Crippen molar-refractivity contribution in [2.24, 2.45) is 5.92 Å². The maximum absolute atomic E-state index is 12.8. The minimum Gasteiger partial charge on any atom is -0.495 e. The number of benzene rings is 4. The number of hydrogen-bond donors (Lipinski definition) is 5. The zero-order valence-corrected chi connectivity index (χ0v) is 27.2. The lowest BCUT2D eigenvalue weighted by Gasteiger charge is -2.38. The van der Waals surface area contributed by atoms with Crippen LogP contribution in [0.3, 0.4) is 0 Å². The highest BCUT2D eigenvalue weighted by atomic mass is 32.2. The number of para-hydroxylation sites is 4. The molecule has 7 rings (SSSR count). The van der Waals surface area contributed by atoms with Gasteiger partial charge >= 0.3 is 0 Å². The summed E-state index contributed by atoms with van der Waals surface area (Å²) in [5.41, 5.74) is 4.91. The molecule has 0 saturated carbocycles. The molecule has 13 heteroatoms. The van der Waals surface area contributed by atoms with Crippen molar-refractivity contribution in [3.63, 3.8) is 0 Å². The lowest BCUT2D eigenvalue weighted by atomic mass is 9.76. The van der Waals surface area contributed by atoms with Gasteiger partial charge in [0.05, 0.1) is 29.8 Å². The number of methoxy groups -OCH3 is 1. The van der Waals surface area contributed by atoms with Gasteiger partial charge in [-0.15, -0.1) is 0 Å². The summed E-state index contributed by atoms with van der Waals surface area (Å²) < 4.78 is 79.3. The third kappa shape index (κ3) is 5.77. The highest BCUT2D eigenvalue weighted by Gasteiger charge is 2.48. The van der Waals surface area contributed by atoms with Crippen LogP contribution in [0, 0.1) is 5.92 Å². The number of anilines is 4. The molecule has 1 aliphatic heterocycles. The second kappa shape index (κ2) is 12.1. The molecule has 11 nitrogen and oxygen atoms in total. The number of ether oxygens (including phenoxy) is 1. The minimum atomic E-state index is -4.74. The van der Waals surface area contributed by atoms with Gasteiger partial charge in [-0.25, -0.2) is 0 Å². The normalized spacial score (nSPS) is 18.6. The molecule has 244 valence electrons. The average molecular weight is 684 g/mol. The van der Waals surface area contributed by atoms with Crippen LogP contribution in [0.15, 0.2) is 136 Å². The maximum Gasteiger partial charge on any atom is 0.296 e. The van der Waals surface area contributed by atoms with E-state index in [1.165, 1.54) is 19.3 Å². The summed E-state index contributed by atoms with van der Waals surface area (Å²) in [6, 6.07) is 28.3. The molecule has 3 aliphatic rings. The zero-order valence-electron chi connectivity index (χ0n) is 25.5. The van der Waals surface area contributed by atoms with Crippen LogP contribution in [0.2, 0.25) is 0 Å². The molecule has 4 aromatic rings. The third-order valence-corrected chi connectivity index (χ3v) is 10.3. The van der Waals surface area contributed by atoms with Gasteiger partial charge in [-0.05, 0) is 36.4 Å². The fourth-order valence-corrected chi connectivity index (χ4v) is 7.98. The van der Waals surface area contributed by atoms with Gasteiger partial charge in [0, 0.05) is 41.1 Å². The van der Waals surface area contributed by atoms with Crippen LogP contribution in [-0.4, -0.2) is 44.8 Å². The van der Waals surface area contributed by atoms with Crippen molar-refractivity contribution in [2.45, 2.75) is 17.4 Å². The summed E-state index contributed by atoms with van der Waals surface area (Å²) in [6.07, 6.45) is 5.05. The van der Waals surface area contributed by atoms with Gasteiger partial charge in [0.2, 0.25) is 11.4 Å². The van der Waals surface area contributed by atoms with E-state index in [1.807, 2.05) is 71.3 Å².